The Hall–Kier alpha value is -4.96. The molecule has 8 nitrogen and oxygen atoms in total. The van der Waals surface area contributed by atoms with Crippen LogP contribution >= 0.6 is 15.9 Å². The molecule has 4 amide bonds. The standard InChI is InChI=1S/C32H24BrFN2O6/c1-40-28-17-22(16-27(33)29(28)42-19-21-7-9-23(34)10-8-21)15-26-30(37)35-32(39)36(31(26)38)24-11-13-25(14-12-24)41-18-20-5-3-2-4-6-20/h2-17H,18-19H2,1H3,(H,35,37,39)/b26-15+. The summed E-state index contributed by atoms with van der Waals surface area (Å²) in [4.78, 5) is 39.6. The molecule has 1 aliphatic heterocycles. The van der Waals surface area contributed by atoms with Crippen molar-refractivity contribution in [3.8, 4) is 17.2 Å². The molecule has 1 fully saturated rings. The number of barbiturate groups is 1. The second-order valence-electron chi connectivity index (χ2n) is 9.18. The number of amides is 4. The number of nitrogens with one attached hydrogen (secondary N) is 1. The van der Waals surface area contributed by atoms with Crippen molar-refractivity contribution in [2.24, 2.45) is 0 Å². The number of ether oxygens (including phenoxy) is 3. The summed E-state index contributed by atoms with van der Waals surface area (Å²) in [5.74, 6) is -0.681. The van der Waals surface area contributed by atoms with Gasteiger partial charge in [0.15, 0.2) is 11.5 Å². The maximum absolute atomic E-state index is 13.4. The molecule has 212 valence electrons. The monoisotopic (exact) mass is 630 g/mol. The predicted molar refractivity (Wildman–Crippen MR) is 158 cm³/mol. The van der Waals surface area contributed by atoms with Crippen molar-refractivity contribution < 1.29 is 33.0 Å². The molecule has 4 aromatic rings. The average Bonchev–Trinajstić information content (AvgIpc) is 2.99. The lowest BCUT2D eigenvalue weighted by Gasteiger charge is -2.26. The minimum absolute atomic E-state index is 0.156. The van der Waals surface area contributed by atoms with Gasteiger partial charge in [0.2, 0.25) is 0 Å². The van der Waals surface area contributed by atoms with Crippen molar-refractivity contribution in [3.05, 3.63) is 124 Å². The first-order chi connectivity index (χ1) is 20.3. The summed E-state index contributed by atoms with van der Waals surface area (Å²) < 4.78 is 30.9. The van der Waals surface area contributed by atoms with Gasteiger partial charge in [-0.15, -0.1) is 0 Å². The van der Waals surface area contributed by atoms with Crippen molar-refractivity contribution in [2.45, 2.75) is 13.2 Å². The zero-order valence-corrected chi connectivity index (χ0v) is 23.9. The Morgan fingerprint density at radius 3 is 2.21 bits per heavy atom. The second kappa shape index (κ2) is 12.7. The van der Waals surface area contributed by atoms with Crippen LogP contribution < -0.4 is 24.4 Å². The maximum atomic E-state index is 13.4. The van der Waals surface area contributed by atoms with Crippen LogP contribution in [0.5, 0.6) is 17.2 Å². The first kappa shape index (κ1) is 28.6. The zero-order chi connectivity index (χ0) is 29.6. The van der Waals surface area contributed by atoms with Gasteiger partial charge in [-0.3, -0.25) is 14.9 Å². The molecular formula is C32H24BrFN2O6. The van der Waals surface area contributed by atoms with Crippen LogP contribution in [0.2, 0.25) is 0 Å². The lowest BCUT2D eigenvalue weighted by Crippen LogP contribution is -2.54. The van der Waals surface area contributed by atoms with Gasteiger partial charge in [-0.25, -0.2) is 14.1 Å². The van der Waals surface area contributed by atoms with Gasteiger partial charge >= 0.3 is 6.03 Å². The van der Waals surface area contributed by atoms with Crippen LogP contribution in [0.1, 0.15) is 16.7 Å². The number of methoxy groups -OCH3 is 1. The summed E-state index contributed by atoms with van der Waals surface area (Å²) in [6, 6.07) is 24.4. The van der Waals surface area contributed by atoms with E-state index in [0.717, 1.165) is 16.0 Å². The van der Waals surface area contributed by atoms with Gasteiger partial charge in [-0.1, -0.05) is 42.5 Å². The van der Waals surface area contributed by atoms with E-state index >= 15 is 0 Å². The quantitative estimate of drug-likeness (QED) is 0.169. The van der Waals surface area contributed by atoms with Gasteiger partial charge in [0.1, 0.15) is 30.4 Å². The molecule has 5 rings (SSSR count). The number of imide groups is 2. The van der Waals surface area contributed by atoms with Crippen molar-refractivity contribution >= 4 is 45.5 Å². The van der Waals surface area contributed by atoms with Crippen molar-refractivity contribution in [1.82, 2.24) is 5.32 Å². The SMILES string of the molecule is COc1cc(/C=C2\C(=O)NC(=O)N(c3ccc(OCc4ccccc4)cc3)C2=O)cc(Br)c1OCc1ccc(F)cc1. The fourth-order valence-corrected chi connectivity index (χ4v) is 4.76. The Morgan fingerprint density at radius 2 is 1.52 bits per heavy atom. The van der Waals surface area contributed by atoms with E-state index < -0.39 is 17.8 Å². The fourth-order valence-electron chi connectivity index (χ4n) is 4.19. The summed E-state index contributed by atoms with van der Waals surface area (Å²) in [5, 5.41) is 2.22. The predicted octanol–water partition coefficient (Wildman–Crippen LogP) is 6.42. The number of carbonyl (C=O) groups is 3. The number of hydrogen-bond acceptors (Lipinski definition) is 6. The van der Waals surface area contributed by atoms with Gasteiger partial charge in [0.05, 0.1) is 17.3 Å². The summed E-state index contributed by atoms with van der Waals surface area (Å²) in [6.07, 6.45) is 1.37. The summed E-state index contributed by atoms with van der Waals surface area (Å²) >= 11 is 3.46. The van der Waals surface area contributed by atoms with Crippen molar-refractivity contribution in [1.29, 1.82) is 0 Å². The van der Waals surface area contributed by atoms with Crippen LogP contribution in [-0.4, -0.2) is 25.0 Å². The van der Waals surface area contributed by atoms with Gasteiger partial charge in [-0.05, 0) is 87.2 Å². The van der Waals surface area contributed by atoms with Gasteiger partial charge in [0.25, 0.3) is 11.8 Å². The summed E-state index contributed by atoms with van der Waals surface area (Å²) in [7, 11) is 1.45. The lowest BCUT2D eigenvalue weighted by molar-refractivity contribution is -0.122. The molecule has 1 saturated heterocycles. The number of hydrogen-bond donors (Lipinski definition) is 1. The van der Waals surface area contributed by atoms with Crippen molar-refractivity contribution in [2.75, 3.05) is 12.0 Å². The van der Waals surface area contributed by atoms with E-state index in [-0.39, 0.29) is 23.7 Å². The zero-order valence-electron chi connectivity index (χ0n) is 22.3. The number of rotatable bonds is 9. The Labute approximate surface area is 249 Å². The first-order valence-electron chi connectivity index (χ1n) is 12.8. The van der Waals surface area contributed by atoms with E-state index in [1.54, 1.807) is 48.5 Å². The number of anilines is 1. The van der Waals surface area contributed by atoms with Crippen LogP contribution in [0.4, 0.5) is 14.9 Å². The molecule has 1 aliphatic rings. The van der Waals surface area contributed by atoms with E-state index in [1.807, 2.05) is 30.3 Å². The number of carbonyl (C=O) groups excluding carboxylic acids is 3. The molecule has 0 bridgehead atoms. The molecule has 0 aromatic heterocycles. The summed E-state index contributed by atoms with van der Waals surface area (Å²) in [5.41, 5.74) is 2.22. The smallest absolute Gasteiger partial charge is 0.335 e. The van der Waals surface area contributed by atoms with Crippen LogP contribution in [0.15, 0.2) is 101 Å². The molecular weight excluding hydrogens is 607 g/mol. The van der Waals surface area contributed by atoms with Crippen molar-refractivity contribution in [3.63, 3.8) is 0 Å². The van der Waals surface area contributed by atoms with E-state index in [1.165, 1.54) is 25.3 Å². The Balaban J connectivity index is 1.34. The third kappa shape index (κ3) is 6.50. The Morgan fingerprint density at radius 1 is 0.857 bits per heavy atom. The fraction of sp³-hybridized carbons (Fsp3) is 0.0938. The molecule has 10 heteroatoms. The summed E-state index contributed by atoms with van der Waals surface area (Å²) in [6.45, 7) is 0.517. The molecule has 0 radical (unpaired) electrons. The molecule has 0 unspecified atom stereocenters. The molecule has 0 aliphatic carbocycles. The minimum atomic E-state index is -0.858. The number of benzene rings is 4. The highest BCUT2D eigenvalue weighted by Crippen LogP contribution is 2.38. The third-order valence-corrected chi connectivity index (χ3v) is 6.89. The molecule has 0 saturated carbocycles. The molecule has 42 heavy (non-hydrogen) atoms. The maximum Gasteiger partial charge on any atom is 0.335 e. The number of halogens is 2. The molecule has 0 spiro atoms. The molecule has 4 aromatic carbocycles. The molecule has 1 N–H and O–H groups in total. The van der Waals surface area contributed by atoms with Crippen LogP contribution in [0.3, 0.4) is 0 Å². The topological polar surface area (TPSA) is 94.2 Å². The second-order valence-corrected chi connectivity index (χ2v) is 10.0. The molecule has 0 atom stereocenters. The van der Waals surface area contributed by atoms with Gasteiger partial charge in [-0.2, -0.15) is 0 Å². The molecule has 1 heterocycles. The van der Waals surface area contributed by atoms with Crippen LogP contribution in [0, 0.1) is 5.82 Å². The Bertz CT molecular complexity index is 1660. The number of urea groups is 1. The van der Waals surface area contributed by atoms with E-state index in [4.69, 9.17) is 14.2 Å². The third-order valence-electron chi connectivity index (χ3n) is 6.30. The van der Waals surface area contributed by atoms with Gasteiger partial charge < -0.3 is 14.2 Å². The highest BCUT2D eigenvalue weighted by molar-refractivity contribution is 9.10. The average molecular weight is 631 g/mol. The van der Waals surface area contributed by atoms with E-state index in [0.29, 0.717) is 33.9 Å². The lowest BCUT2D eigenvalue weighted by atomic mass is 10.1. The number of nitrogens with zero attached hydrogens (tertiary/aromatic N) is 1. The first-order valence-corrected chi connectivity index (χ1v) is 13.5. The normalized spacial score (nSPS) is 14.1. The Kier molecular flexibility index (Phi) is 8.63. The van der Waals surface area contributed by atoms with Crippen LogP contribution in [-0.2, 0) is 22.8 Å². The minimum Gasteiger partial charge on any atom is -0.493 e. The highest BCUT2D eigenvalue weighted by atomic mass is 79.9. The van der Waals surface area contributed by atoms with E-state index in [2.05, 4.69) is 21.2 Å². The largest absolute Gasteiger partial charge is 0.493 e. The van der Waals surface area contributed by atoms with Gasteiger partial charge in [0, 0.05) is 0 Å². The van der Waals surface area contributed by atoms with Crippen LogP contribution in [0.25, 0.3) is 6.08 Å². The highest BCUT2D eigenvalue weighted by Gasteiger charge is 2.37. The van der Waals surface area contributed by atoms with E-state index in [9.17, 15) is 18.8 Å².